The summed E-state index contributed by atoms with van der Waals surface area (Å²) in [4.78, 5) is 4.32. The Kier molecular flexibility index (Phi) is 4.86. The van der Waals surface area contributed by atoms with Crippen molar-refractivity contribution in [2.24, 2.45) is 5.84 Å². The summed E-state index contributed by atoms with van der Waals surface area (Å²) >= 11 is 0. The maximum Gasteiger partial charge on any atom is 0.142 e. The third kappa shape index (κ3) is 3.15. The van der Waals surface area contributed by atoms with Gasteiger partial charge < -0.3 is 9.47 Å². The average molecular weight is 239 g/mol. The van der Waals surface area contributed by atoms with Gasteiger partial charge in [0.25, 0.3) is 0 Å². The maximum absolute atomic E-state index is 5.70. The van der Waals surface area contributed by atoms with Crippen molar-refractivity contribution >= 4 is 0 Å². The number of pyridine rings is 1. The second kappa shape index (κ2) is 5.95. The molecule has 0 aliphatic rings. The lowest BCUT2D eigenvalue weighted by molar-refractivity contribution is -0.0407. The molecule has 1 aromatic heterocycles. The van der Waals surface area contributed by atoms with Gasteiger partial charge in [-0.1, -0.05) is 0 Å². The van der Waals surface area contributed by atoms with Gasteiger partial charge in [0.2, 0.25) is 0 Å². The highest BCUT2D eigenvalue weighted by atomic mass is 16.5. The Morgan fingerprint density at radius 2 is 2.24 bits per heavy atom. The molecule has 3 N–H and O–H groups in total. The number of nitrogens with two attached hydrogens (primary N) is 1. The average Bonchev–Trinajstić information content (AvgIpc) is 2.30. The molecule has 0 aromatic carbocycles. The quantitative estimate of drug-likeness (QED) is 0.580. The normalized spacial score (nSPS) is 13.5. The molecule has 0 saturated carbocycles. The Balaban J connectivity index is 3.08. The number of ether oxygens (including phenoxy) is 2. The molecule has 0 aliphatic heterocycles. The minimum atomic E-state index is -0.467. The summed E-state index contributed by atoms with van der Waals surface area (Å²) in [5.74, 6) is 6.32. The minimum Gasteiger partial charge on any atom is -0.495 e. The summed E-state index contributed by atoms with van der Waals surface area (Å²) in [7, 11) is 1.61. The van der Waals surface area contributed by atoms with E-state index in [0.29, 0.717) is 12.4 Å². The van der Waals surface area contributed by atoms with Gasteiger partial charge in [0.15, 0.2) is 0 Å². The van der Waals surface area contributed by atoms with Gasteiger partial charge in [-0.15, -0.1) is 0 Å². The van der Waals surface area contributed by atoms with E-state index in [1.165, 1.54) is 0 Å². The molecule has 0 aliphatic carbocycles. The molecule has 0 radical (unpaired) electrons. The molecule has 5 heteroatoms. The number of rotatable bonds is 6. The van der Waals surface area contributed by atoms with E-state index in [2.05, 4.69) is 10.4 Å². The predicted octanol–water partition coefficient (Wildman–Crippen LogP) is 1.41. The summed E-state index contributed by atoms with van der Waals surface area (Å²) in [6, 6.07) is 3.44. The van der Waals surface area contributed by atoms with Gasteiger partial charge in [-0.3, -0.25) is 10.8 Å². The van der Waals surface area contributed by atoms with Crippen molar-refractivity contribution < 1.29 is 9.47 Å². The molecule has 0 spiro atoms. The second-order valence-corrected chi connectivity index (χ2v) is 4.23. The third-order valence-corrected chi connectivity index (χ3v) is 2.67. The fraction of sp³-hybridized carbons (Fsp3) is 0.583. The van der Waals surface area contributed by atoms with E-state index in [0.717, 1.165) is 5.69 Å². The van der Waals surface area contributed by atoms with Crippen molar-refractivity contribution in [2.75, 3.05) is 13.7 Å². The number of nitrogens with one attached hydrogen (secondary N) is 1. The number of aromatic nitrogens is 1. The molecular formula is C12H21N3O2. The zero-order chi connectivity index (χ0) is 12.9. The van der Waals surface area contributed by atoms with Crippen LogP contribution in [0.4, 0.5) is 0 Å². The van der Waals surface area contributed by atoms with Crippen molar-refractivity contribution in [3.05, 3.63) is 24.0 Å². The summed E-state index contributed by atoms with van der Waals surface area (Å²) in [5, 5.41) is 0. The summed E-state index contributed by atoms with van der Waals surface area (Å²) in [5.41, 5.74) is 3.03. The van der Waals surface area contributed by atoms with Crippen LogP contribution >= 0.6 is 0 Å². The van der Waals surface area contributed by atoms with Crippen LogP contribution in [-0.2, 0) is 4.74 Å². The van der Waals surface area contributed by atoms with Crippen LogP contribution in [0.3, 0.4) is 0 Å². The van der Waals surface area contributed by atoms with E-state index in [1.54, 1.807) is 13.3 Å². The number of hydrogen-bond donors (Lipinski definition) is 2. The van der Waals surface area contributed by atoms with E-state index >= 15 is 0 Å². The van der Waals surface area contributed by atoms with E-state index in [-0.39, 0.29) is 6.04 Å². The van der Waals surface area contributed by atoms with Crippen LogP contribution in [0.5, 0.6) is 5.75 Å². The van der Waals surface area contributed by atoms with Crippen molar-refractivity contribution in [3.8, 4) is 5.75 Å². The SMILES string of the molecule is CCOC(C)(C)C(NN)c1ncccc1OC. The maximum atomic E-state index is 5.70. The van der Waals surface area contributed by atoms with Gasteiger partial charge in [-0.25, -0.2) is 5.43 Å². The monoisotopic (exact) mass is 239 g/mol. The summed E-state index contributed by atoms with van der Waals surface area (Å²) < 4.78 is 11.0. The molecule has 0 saturated heterocycles. The number of methoxy groups -OCH3 is 1. The standard InChI is InChI=1S/C12H21N3O2/c1-5-17-12(2,3)11(15-13)10-9(16-4)7-6-8-14-10/h6-8,11,15H,5,13H2,1-4H3. The van der Waals surface area contributed by atoms with Crippen molar-refractivity contribution in [2.45, 2.75) is 32.4 Å². The Labute approximate surface area is 102 Å². The molecule has 17 heavy (non-hydrogen) atoms. The first-order chi connectivity index (χ1) is 8.06. The number of nitrogens with zero attached hydrogens (tertiary/aromatic N) is 1. The third-order valence-electron chi connectivity index (χ3n) is 2.67. The molecule has 0 fully saturated rings. The molecule has 5 nitrogen and oxygen atoms in total. The van der Waals surface area contributed by atoms with Crippen molar-refractivity contribution in [1.29, 1.82) is 0 Å². The number of hydrazine groups is 1. The Bertz CT molecular complexity index is 355. The van der Waals surface area contributed by atoms with Crippen LogP contribution < -0.4 is 16.0 Å². The number of hydrogen-bond acceptors (Lipinski definition) is 5. The van der Waals surface area contributed by atoms with Crippen LogP contribution in [0, 0.1) is 0 Å². The van der Waals surface area contributed by atoms with E-state index < -0.39 is 5.60 Å². The lowest BCUT2D eigenvalue weighted by Crippen LogP contribution is -2.45. The van der Waals surface area contributed by atoms with E-state index in [4.69, 9.17) is 15.3 Å². The zero-order valence-corrected chi connectivity index (χ0v) is 10.9. The smallest absolute Gasteiger partial charge is 0.142 e. The Hall–Kier alpha value is -1.17. The topological polar surface area (TPSA) is 69.4 Å². The van der Waals surface area contributed by atoms with Gasteiger partial charge in [0, 0.05) is 12.8 Å². The lowest BCUT2D eigenvalue weighted by atomic mass is 9.95. The molecule has 0 amide bonds. The molecule has 0 bridgehead atoms. The van der Waals surface area contributed by atoms with Gasteiger partial charge in [-0.05, 0) is 32.9 Å². The van der Waals surface area contributed by atoms with E-state index in [1.807, 2.05) is 32.9 Å². The van der Waals surface area contributed by atoms with E-state index in [9.17, 15) is 0 Å². The minimum absolute atomic E-state index is 0.237. The lowest BCUT2D eigenvalue weighted by Gasteiger charge is -2.33. The van der Waals surface area contributed by atoms with Crippen LogP contribution in [-0.4, -0.2) is 24.3 Å². The van der Waals surface area contributed by atoms with Crippen molar-refractivity contribution in [1.82, 2.24) is 10.4 Å². The summed E-state index contributed by atoms with van der Waals surface area (Å²) in [6.07, 6.45) is 1.71. The van der Waals surface area contributed by atoms with Gasteiger partial charge >= 0.3 is 0 Å². The highest BCUT2D eigenvalue weighted by Gasteiger charge is 2.33. The van der Waals surface area contributed by atoms with Crippen LogP contribution in [0.2, 0.25) is 0 Å². The van der Waals surface area contributed by atoms with Gasteiger partial charge in [-0.2, -0.15) is 0 Å². The van der Waals surface area contributed by atoms with Crippen LogP contribution in [0.15, 0.2) is 18.3 Å². The van der Waals surface area contributed by atoms with Gasteiger partial charge in [0.05, 0.1) is 18.8 Å². The highest BCUT2D eigenvalue weighted by molar-refractivity contribution is 5.31. The van der Waals surface area contributed by atoms with Crippen LogP contribution in [0.25, 0.3) is 0 Å². The fourth-order valence-electron chi connectivity index (χ4n) is 1.86. The molecule has 1 unspecified atom stereocenters. The predicted molar refractivity (Wildman–Crippen MR) is 66.6 cm³/mol. The summed E-state index contributed by atoms with van der Waals surface area (Å²) in [6.45, 7) is 6.50. The first-order valence-corrected chi connectivity index (χ1v) is 5.65. The fourth-order valence-corrected chi connectivity index (χ4v) is 1.86. The molecule has 1 aromatic rings. The van der Waals surface area contributed by atoms with Crippen molar-refractivity contribution in [3.63, 3.8) is 0 Å². The largest absolute Gasteiger partial charge is 0.495 e. The molecule has 1 rings (SSSR count). The Morgan fingerprint density at radius 1 is 1.53 bits per heavy atom. The Morgan fingerprint density at radius 3 is 2.76 bits per heavy atom. The first-order valence-electron chi connectivity index (χ1n) is 5.65. The molecule has 1 atom stereocenters. The zero-order valence-electron chi connectivity index (χ0n) is 10.9. The molecule has 1 heterocycles. The highest BCUT2D eigenvalue weighted by Crippen LogP contribution is 2.32. The first kappa shape index (κ1) is 13.9. The second-order valence-electron chi connectivity index (χ2n) is 4.23. The molecule has 96 valence electrons. The molecular weight excluding hydrogens is 218 g/mol. The van der Waals surface area contributed by atoms with Gasteiger partial charge in [0.1, 0.15) is 11.4 Å². The van der Waals surface area contributed by atoms with Crippen LogP contribution in [0.1, 0.15) is 32.5 Å².